The van der Waals surface area contributed by atoms with Crippen LogP contribution in [0.25, 0.3) is 0 Å². The third kappa shape index (κ3) is 2.26. The average Bonchev–Trinajstić information content (AvgIpc) is 2.93. The summed E-state index contributed by atoms with van der Waals surface area (Å²) in [6, 6.07) is 2.08. The minimum Gasteiger partial charge on any atom is -0.288 e. The van der Waals surface area contributed by atoms with Gasteiger partial charge in [-0.15, -0.1) is 11.3 Å². The van der Waals surface area contributed by atoms with Crippen molar-refractivity contribution in [2.75, 3.05) is 5.75 Å². The Morgan fingerprint density at radius 3 is 2.94 bits per heavy atom. The summed E-state index contributed by atoms with van der Waals surface area (Å²) in [5.74, 6) is 2.40. The van der Waals surface area contributed by atoms with Gasteiger partial charge in [-0.2, -0.15) is 23.1 Å². The van der Waals surface area contributed by atoms with E-state index in [0.717, 1.165) is 27.1 Å². The molecule has 1 nitrogen and oxygen atoms in total. The smallest absolute Gasteiger partial charge is 0.204 e. The Morgan fingerprint density at radius 2 is 2.24 bits per heavy atom. The molecule has 0 atom stereocenters. The number of rotatable bonds is 2. The number of hydrogen-bond donors (Lipinski definition) is 0. The number of aryl methyl sites for hydroxylation is 1. The molecule has 0 saturated heterocycles. The van der Waals surface area contributed by atoms with Crippen LogP contribution >= 0.6 is 50.4 Å². The Hall–Kier alpha value is -0.100. The molecular weight excluding hydrogens is 336 g/mol. The third-order valence-corrected chi connectivity index (χ3v) is 6.66. The zero-order valence-electron chi connectivity index (χ0n) is 8.86. The lowest BCUT2D eigenvalue weighted by atomic mass is 10.1. The maximum absolute atomic E-state index is 12.3. The molecule has 0 radical (unpaired) electrons. The molecule has 1 aliphatic heterocycles. The van der Waals surface area contributed by atoms with Crippen LogP contribution in [0.5, 0.6) is 0 Å². The van der Waals surface area contributed by atoms with Crippen molar-refractivity contribution >= 4 is 56.1 Å². The molecule has 3 heterocycles. The van der Waals surface area contributed by atoms with E-state index in [1.54, 1.807) is 22.7 Å². The Kier molecular flexibility index (Phi) is 3.43. The number of thiophene rings is 2. The monoisotopic (exact) mass is 344 g/mol. The molecule has 3 rings (SSSR count). The molecule has 0 N–H and O–H groups in total. The van der Waals surface area contributed by atoms with Crippen LogP contribution in [0.4, 0.5) is 0 Å². The number of carbonyl (C=O) groups is 1. The molecule has 0 aliphatic carbocycles. The summed E-state index contributed by atoms with van der Waals surface area (Å²) in [5, 5.41) is 3.87. The summed E-state index contributed by atoms with van der Waals surface area (Å²) in [6.07, 6.45) is 1.11. The Morgan fingerprint density at radius 1 is 1.35 bits per heavy atom. The molecule has 0 spiro atoms. The minimum atomic E-state index is 0.155. The first-order valence-electron chi connectivity index (χ1n) is 5.21. The first-order chi connectivity index (χ1) is 8.25. The fourth-order valence-corrected chi connectivity index (χ4v) is 5.62. The van der Waals surface area contributed by atoms with Crippen molar-refractivity contribution in [1.29, 1.82) is 0 Å². The van der Waals surface area contributed by atoms with Gasteiger partial charge in [-0.3, -0.25) is 4.79 Å². The van der Waals surface area contributed by atoms with Crippen LogP contribution in [0.3, 0.4) is 0 Å². The van der Waals surface area contributed by atoms with Gasteiger partial charge in [0.25, 0.3) is 0 Å². The molecular formula is C12H9BrOS3. The Bertz CT molecular complexity index is 547. The number of carbonyl (C=O) groups excluding carboxylic acids is 1. The highest BCUT2D eigenvalue weighted by Crippen LogP contribution is 2.34. The molecule has 5 heteroatoms. The van der Waals surface area contributed by atoms with Crippen LogP contribution in [0.2, 0.25) is 0 Å². The van der Waals surface area contributed by atoms with Crippen LogP contribution in [-0.4, -0.2) is 11.5 Å². The Balaban J connectivity index is 1.97. The summed E-state index contributed by atoms with van der Waals surface area (Å²) in [6.45, 7) is 0. The van der Waals surface area contributed by atoms with Gasteiger partial charge in [0.05, 0.1) is 4.88 Å². The highest BCUT2D eigenvalue weighted by Gasteiger charge is 2.20. The molecule has 0 saturated carbocycles. The first kappa shape index (κ1) is 12.0. The van der Waals surface area contributed by atoms with Crippen molar-refractivity contribution in [1.82, 2.24) is 0 Å². The number of thioether (sulfide) groups is 1. The highest BCUT2D eigenvalue weighted by atomic mass is 79.9. The van der Waals surface area contributed by atoms with Crippen LogP contribution in [-0.2, 0) is 12.2 Å². The fourth-order valence-electron chi connectivity index (χ4n) is 1.84. The lowest BCUT2D eigenvalue weighted by Gasteiger charge is -2.08. The van der Waals surface area contributed by atoms with Gasteiger partial charge in [0, 0.05) is 31.4 Å². The van der Waals surface area contributed by atoms with E-state index in [0.29, 0.717) is 0 Å². The van der Waals surface area contributed by atoms with E-state index >= 15 is 0 Å². The van der Waals surface area contributed by atoms with E-state index in [-0.39, 0.29) is 5.78 Å². The molecule has 0 fully saturated rings. The largest absolute Gasteiger partial charge is 0.288 e. The second-order valence-corrected chi connectivity index (χ2v) is 7.66. The van der Waals surface area contributed by atoms with Gasteiger partial charge < -0.3 is 0 Å². The predicted molar refractivity (Wildman–Crippen MR) is 79.6 cm³/mol. The SMILES string of the molecule is O=C(c1cc2c(s1)CCSC2)c1cscc1Br. The quantitative estimate of drug-likeness (QED) is 0.741. The van der Waals surface area contributed by atoms with E-state index in [1.807, 2.05) is 22.5 Å². The first-order valence-corrected chi connectivity index (χ1v) is 8.92. The van der Waals surface area contributed by atoms with Gasteiger partial charge >= 0.3 is 0 Å². The average molecular weight is 345 g/mol. The fraction of sp³-hybridized carbons (Fsp3) is 0.250. The third-order valence-electron chi connectivity index (χ3n) is 2.71. The molecule has 0 unspecified atom stereocenters. The van der Waals surface area contributed by atoms with Gasteiger partial charge in [0.15, 0.2) is 0 Å². The van der Waals surface area contributed by atoms with Gasteiger partial charge in [0.2, 0.25) is 5.78 Å². The van der Waals surface area contributed by atoms with Crippen LogP contribution < -0.4 is 0 Å². The molecule has 0 amide bonds. The summed E-state index contributed by atoms with van der Waals surface area (Å²) >= 11 is 8.61. The van der Waals surface area contributed by atoms with Gasteiger partial charge in [-0.25, -0.2) is 0 Å². The van der Waals surface area contributed by atoms with Crippen molar-refractivity contribution in [2.24, 2.45) is 0 Å². The number of ketones is 1. The second kappa shape index (κ2) is 4.88. The molecule has 2 aromatic heterocycles. The topological polar surface area (TPSA) is 17.1 Å². The molecule has 2 aromatic rings. The standard InChI is InChI=1S/C12H9BrOS3/c13-9-6-16-5-8(9)12(14)11-3-7-4-15-2-1-10(7)17-11/h3,5-6H,1-2,4H2. The predicted octanol–water partition coefficient (Wildman–Crippen LogP) is 4.59. The molecule has 17 heavy (non-hydrogen) atoms. The number of halogens is 1. The zero-order chi connectivity index (χ0) is 11.8. The molecule has 1 aliphatic rings. The highest BCUT2D eigenvalue weighted by molar-refractivity contribution is 9.10. The van der Waals surface area contributed by atoms with Gasteiger partial charge in [0.1, 0.15) is 0 Å². The number of fused-ring (bicyclic) bond motifs is 1. The van der Waals surface area contributed by atoms with Crippen LogP contribution in [0, 0.1) is 0 Å². The van der Waals surface area contributed by atoms with Crippen LogP contribution in [0.1, 0.15) is 25.7 Å². The Labute approximate surface area is 120 Å². The van der Waals surface area contributed by atoms with Gasteiger partial charge in [-0.05, 0) is 39.7 Å². The maximum atomic E-state index is 12.3. The zero-order valence-corrected chi connectivity index (χ0v) is 12.9. The van der Waals surface area contributed by atoms with Crippen molar-refractivity contribution in [3.05, 3.63) is 42.2 Å². The number of hydrogen-bond acceptors (Lipinski definition) is 4. The van der Waals surface area contributed by atoms with E-state index in [1.165, 1.54) is 16.2 Å². The van der Waals surface area contributed by atoms with E-state index < -0.39 is 0 Å². The van der Waals surface area contributed by atoms with Crippen molar-refractivity contribution in [2.45, 2.75) is 12.2 Å². The lowest BCUT2D eigenvalue weighted by molar-refractivity contribution is 0.104. The van der Waals surface area contributed by atoms with Gasteiger partial charge in [-0.1, -0.05) is 0 Å². The second-order valence-electron chi connectivity index (χ2n) is 3.82. The van der Waals surface area contributed by atoms with Crippen molar-refractivity contribution in [3.63, 3.8) is 0 Å². The molecule has 0 bridgehead atoms. The maximum Gasteiger partial charge on any atom is 0.204 e. The summed E-state index contributed by atoms with van der Waals surface area (Å²) in [4.78, 5) is 14.6. The molecule has 0 aromatic carbocycles. The normalized spacial score (nSPS) is 14.6. The van der Waals surface area contributed by atoms with E-state index in [4.69, 9.17) is 0 Å². The summed E-state index contributed by atoms with van der Waals surface area (Å²) < 4.78 is 0.910. The van der Waals surface area contributed by atoms with E-state index in [9.17, 15) is 4.79 Å². The minimum absolute atomic E-state index is 0.155. The van der Waals surface area contributed by atoms with Crippen molar-refractivity contribution < 1.29 is 4.79 Å². The molecule has 88 valence electrons. The lowest BCUT2D eigenvalue weighted by Crippen LogP contribution is -1.97. The summed E-state index contributed by atoms with van der Waals surface area (Å²) in [5.41, 5.74) is 2.15. The van der Waals surface area contributed by atoms with Crippen LogP contribution in [0.15, 0.2) is 21.3 Å². The summed E-state index contributed by atoms with van der Waals surface area (Å²) in [7, 11) is 0. The van der Waals surface area contributed by atoms with E-state index in [2.05, 4.69) is 22.0 Å². The van der Waals surface area contributed by atoms with Crippen molar-refractivity contribution in [3.8, 4) is 0 Å².